The molecule has 0 bridgehead atoms. The minimum Gasteiger partial charge on any atom is -0.465 e. The third-order valence-corrected chi connectivity index (χ3v) is 6.81. The van der Waals surface area contributed by atoms with Crippen molar-refractivity contribution >= 4 is 36.0 Å². The Hall–Kier alpha value is -2.65. The maximum atomic E-state index is 12.7. The van der Waals surface area contributed by atoms with Gasteiger partial charge in [0.25, 0.3) is 0 Å². The number of nitrogens with one attached hydrogen (secondary N) is 2. The first kappa shape index (κ1) is 27.0. The number of esters is 1. The van der Waals surface area contributed by atoms with E-state index in [4.69, 9.17) is 19.0 Å². The average Bonchev–Trinajstić information content (AvgIpc) is 3.02. The molecular formula is C26H39BN4O4. The van der Waals surface area contributed by atoms with Crippen molar-refractivity contribution in [2.45, 2.75) is 91.4 Å². The van der Waals surface area contributed by atoms with Gasteiger partial charge in [-0.25, -0.2) is 9.78 Å². The van der Waals surface area contributed by atoms with E-state index in [0.29, 0.717) is 28.7 Å². The first-order valence-electron chi connectivity index (χ1n) is 12.5. The Kier molecular flexibility index (Phi) is 8.44. The Bertz CT molecular complexity index is 1020. The second kappa shape index (κ2) is 11.0. The summed E-state index contributed by atoms with van der Waals surface area (Å²) in [5.41, 5.74) is 1.60. The van der Waals surface area contributed by atoms with Crippen LogP contribution in [0.5, 0.6) is 0 Å². The van der Waals surface area contributed by atoms with Crippen LogP contribution in [0.1, 0.15) is 83.1 Å². The van der Waals surface area contributed by atoms with Crippen LogP contribution < -0.4 is 16.1 Å². The molecule has 2 heterocycles. The van der Waals surface area contributed by atoms with E-state index in [-0.39, 0.29) is 0 Å². The number of carbonyl (C=O) groups excluding carboxylic acids is 1. The van der Waals surface area contributed by atoms with Gasteiger partial charge in [-0.15, -0.1) is 0 Å². The first-order chi connectivity index (χ1) is 16.5. The molecule has 0 spiro atoms. The molecule has 1 aromatic carbocycles. The second-order valence-corrected chi connectivity index (χ2v) is 10.2. The molecular weight excluding hydrogens is 443 g/mol. The van der Waals surface area contributed by atoms with Gasteiger partial charge in [-0.05, 0) is 65.1 Å². The Labute approximate surface area is 209 Å². The van der Waals surface area contributed by atoms with Gasteiger partial charge < -0.3 is 24.7 Å². The number of nitrogens with zero attached hydrogens (tertiary/aromatic N) is 2. The normalized spacial score (nSPS) is 16.4. The molecule has 0 unspecified atom stereocenters. The molecule has 1 aliphatic rings. The number of hydrogen-bond acceptors (Lipinski definition) is 8. The van der Waals surface area contributed by atoms with Crippen LogP contribution in [0.15, 0.2) is 24.4 Å². The smallest absolute Gasteiger partial charge is 0.465 e. The molecule has 2 N–H and O–H groups in total. The van der Waals surface area contributed by atoms with Crippen molar-refractivity contribution in [3.63, 3.8) is 0 Å². The van der Waals surface area contributed by atoms with Gasteiger partial charge in [0.05, 0.1) is 23.9 Å². The third-order valence-electron chi connectivity index (χ3n) is 6.81. The molecule has 8 nitrogen and oxygen atoms in total. The lowest BCUT2D eigenvalue weighted by atomic mass is 9.75. The van der Waals surface area contributed by atoms with Crippen LogP contribution >= 0.6 is 0 Å². The van der Waals surface area contributed by atoms with E-state index in [1.807, 2.05) is 46.8 Å². The number of aromatic nitrogens is 2. The number of methoxy groups -OCH3 is 1. The predicted octanol–water partition coefficient (Wildman–Crippen LogP) is 5.00. The number of hydrogen-bond donors (Lipinski definition) is 2. The number of rotatable bonds is 10. The molecule has 0 saturated carbocycles. The van der Waals surface area contributed by atoms with Gasteiger partial charge in [0.1, 0.15) is 5.82 Å². The highest BCUT2D eigenvalue weighted by atomic mass is 16.7. The second-order valence-electron chi connectivity index (χ2n) is 10.2. The average molecular weight is 482 g/mol. The summed E-state index contributed by atoms with van der Waals surface area (Å²) in [7, 11) is 0.684. The highest BCUT2D eigenvalue weighted by Crippen LogP contribution is 2.37. The zero-order chi connectivity index (χ0) is 25.8. The van der Waals surface area contributed by atoms with Crippen molar-refractivity contribution < 1.29 is 18.8 Å². The SMILES string of the molecule is CCCC(CCC)Nc1nc(Nc2ccc(B3OC(C)(C)C(C)(C)O3)c(C(=O)OC)c2)ncc1C. The lowest BCUT2D eigenvalue weighted by molar-refractivity contribution is 0.00578. The molecule has 9 heteroatoms. The summed E-state index contributed by atoms with van der Waals surface area (Å²) in [5, 5.41) is 6.80. The third kappa shape index (κ3) is 6.14. The van der Waals surface area contributed by atoms with Crippen molar-refractivity contribution in [3.05, 3.63) is 35.5 Å². The van der Waals surface area contributed by atoms with Gasteiger partial charge in [0.2, 0.25) is 5.95 Å². The lowest BCUT2D eigenvalue weighted by Crippen LogP contribution is -2.41. The molecule has 0 atom stereocenters. The Morgan fingerprint density at radius 3 is 2.31 bits per heavy atom. The largest absolute Gasteiger partial charge is 0.495 e. The van der Waals surface area contributed by atoms with E-state index in [1.165, 1.54) is 7.11 Å². The number of ether oxygens (including phenoxy) is 1. The molecule has 3 rings (SSSR count). The fourth-order valence-corrected chi connectivity index (χ4v) is 4.05. The number of anilines is 3. The summed E-state index contributed by atoms with van der Waals surface area (Å²) in [4.78, 5) is 21.8. The predicted molar refractivity (Wildman–Crippen MR) is 141 cm³/mol. The quantitative estimate of drug-likeness (QED) is 0.361. The van der Waals surface area contributed by atoms with Gasteiger partial charge >= 0.3 is 13.1 Å². The molecule has 190 valence electrons. The molecule has 1 fully saturated rings. The van der Waals surface area contributed by atoms with Gasteiger partial charge in [-0.2, -0.15) is 4.98 Å². The Morgan fingerprint density at radius 1 is 1.11 bits per heavy atom. The van der Waals surface area contributed by atoms with Crippen LogP contribution in [0.2, 0.25) is 0 Å². The minimum atomic E-state index is -0.677. The minimum absolute atomic E-state index is 0.368. The number of carbonyl (C=O) groups is 1. The molecule has 0 amide bonds. The monoisotopic (exact) mass is 482 g/mol. The molecule has 1 aliphatic heterocycles. The maximum absolute atomic E-state index is 12.7. The van der Waals surface area contributed by atoms with Crippen LogP contribution in [0, 0.1) is 6.92 Å². The summed E-state index contributed by atoms with van der Waals surface area (Å²) < 4.78 is 17.4. The summed E-state index contributed by atoms with van der Waals surface area (Å²) in [6.45, 7) is 14.3. The Balaban J connectivity index is 1.87. The van der Waals surface area contributed by atoms with E-state index in [0.717, 1.165) is 37.1 Å². The summed E-state index contributed by atoms with van der Waals surface area (Å²) >= 11 is 0. The molecule has 1 aromatic heterocycles. The van der Waals surface area contributed by atoms with Crippen molar-refractivity contribution in [2.24, 2.45) is 0 Å². The summed E-state index contributed by atoms with van der Waals surface area (Å²) in [6.07, 6.45) is 6.19. The fourth-order valence-electron chi connectivity index (χ4n) is 4.05. The van der Waals surface area contributed by atoms with Gasteiger partial charge in [-0.1, -0.05) is 32.8 Å². The van der Waals surface area contributed by atoms with Crippen LogP contribution in [0.3, 0.4) is 0 Å². The number of benzene rings is 1. The van der Waals surface area contributed by atoms with E-state index >= 15 is 0 Å². The van der Waals surface area contributed by atoms with Crippen LogP contribution in [0.4, 0.5) is 17.5 Å². The van der Waals surface area contributed by atoms with Gasteiger partial charge in [-0.3, -0.25) is 0 Å². The molecule has 2 aromatic rings. The van der Waals surface area contributed by atoms with Crippen molar-refractivity contribution in [3.8, 4) is 0 Å². The topological polar surface area (TPSA) is 94.6 Å². The van der Waals surface area contributed by atoms with Gasteiger partial charge in [0.15, 0.2) is 0 Å². The van der Waals surface area contributed by atoms with Crippen LogP contribution in [-0.4, -0.2) is 47.4 Å². The van der Waals surface area contributed by atoms with E-state index in [1.54, 1.807) is 12.3 Å². The van der Waals surface area contributed by atoms with E-state index in [2.05, 4.69) is 29.5 Å². The molecule has 1 saturated heterocycles. The van der Waals surface area contributed by atoms with Crippen molar-refractivity contribution in [1.82, 2.24) is 9.97 Å². The Morgan fingerprint density at radius 2 is 1.74 bits per heavy atom. The van der Waals surface area contributed by atoms with Crippen molar-refractivity contribution in [1.29, 1.82) is 0 Å². The van der Waals surface area contributed by atoms with Crippen molar-refractivity contribution in [2.75, 3.05) is 17.7 Å². The molecule has 0 aliphatic carbocycles. The van der Waals surface area contributed by atoms with Gasteiger partial charge in [0, 0.05) is 23.5 Å². The molecule has 35 heavy (non-hydrogen) atoms. The maximum Gasteiger partial charge on any atom is 0.495 e. The fraction of sp³-hybridized carbons (Fsp3) is 0.577. The zero-order valence-corrected chi connectivity index (χ0v) is 22.3. The summed E-state index contributed by atoms with van der Waals surface area (Å²) in [6, 6.07) is 5.78. The standard InChI is InChI=1S/C26H39BN4O4/c1-9-11-18(12-10-2)29-22-17(3)16-28-24(31-22)30-19-13-14-21(20(15-19)23(32)33-8)27-34-25(4,5)26(6,7)35-27/h13-16,18H,9-12H2,1-8H3,(H2,28,29,30,31). The highest BCUT2D eigenvalue weighted by Gasteiger charge is 2.52. The first-order valence-corrected chi connectivity index (χ1v) is 12.5. The molecule has 0 radical (unpaired) electrons. The van der Waals surface area contributed by atoms with E-state index < -0.39 is 24.3 Å². The van der Waals surface area contributed by atoms with E-state index in [9.17, 15) is 4.79 Å². The lowest BCUT2D eigenvalue weighted by Gasteiger charge is -2.32. The number of aryl methyl sites for hydroxylation is 1. The van der Waals surface area contributed by atoms with Crippen LogP contribution in [-0.2, 0) is 14.0 Å². The summed E-state index contributed by atoms with van der Waals surface area (Å²) in [5.74, 6) is 0.799. The highest BCUT2D eigenvalue weighted by molar-refractivity contribution is 6.63. The zero-order valence-electron chi connectivity index (χ0n) is 22.3. The van der Waals surface area contributed by atoms with Crippen LogP contribution in [0.25, 0.3) is 0 Å².